The second-order valence-electron chi connectivity index (χ2n) is 10.6. The smallest absolute Gasteiger partial charge is 0.417 e. The third kappa shape index (κ3) is 4.61. The summed E-state index contributed by atoms with van der Waals surface area (Å²) in [7, 11) is 0. The van der Waals surface area contributed by atoms with Crippen molar-refractivity contribution in [2.75, 3.05) is 0 Å². The summed E-state index contributed by atoms with van der Waals surface area (Å²) in [5.74, 6) is 0. The molecule has 0 bridgehead atoms. The monoisotopic (exact) mass is 557 g/mol. The van der Waals surface area contributed by atoms with Crippen LogP contribution in [0.4, 0.5) is 13.2 Å². The van der Waals surface area contributed by atoms with Crippen molar-refractivity contribution in [3.8, 4) is 33.5 Å². The number of furan rings is 1. The van der Waals surface area contributed by atoms with Crippen LogP contribution in [0.5, 0.6) is 0 Å². The molecule has 5 heteroatoms. The summed E-state index contributed by atoms with van der Waals surface area (Å²) in [6, 6.07) is 33.5. The fourth-order valence-corrected chi connectivity index (χ4v) is 5.84. The maximum atomic E-state index is 14.3. The van der Waals surface area contributed by atoms with E-state index < -0.39 is 11.7 Å². The number of rotatable bonds is 5. The lowest BCUT2D eigenvalue weighted by Crippen LogP contribution is -2.07. The molecule has 5 aromatic carbocycles. The molecule has 0 spiro atoms. The van der Waals surface area contributed by atoms with Gasteiger partial charge in [-0.2, -0.15) is 13.2 Å². The number of nitrogens with zero attached hydrogens (tertiary/aromatic N) is 1. The highest BCUT2D eigenvalue weighted by molar-refractivity contribution is 6.06. The predicted octanol–water partition coefficient (Wildman–Crippen LogP) is 11.1. The fraction of sp³-hybridized carbons (Fsp3) is 0.108. The molecule has 0 aliphatic carbocycles. The lowest BCUT2D eigenvalue weighted by molar-refractivity contribution is -0.137. The highest BCUT2D eigenvalue weighted by Crippen LogP contribution is 2.41. The van der Waals surface area contributed by atoms with Crippen molar-refractivity contribution >= 4 is 32.7 Å². The molecule has 206 valence electrons. The van der Waals surface area contributed by atoms with Gasteiger partial charge in [-0.15, -0.1) is 0 Å². The summed E-state index contributed by atoms with van der Waals surface area (Å²) < 4.78 is 49.0. The Kier molecular flexibility index (Phi) is 6.31. The lowest BCUT2D eigenvalue weighted by atomic mass is 9.92. The molecule has 0 saturated carbocycles. The third-order valence-corrected chi connectivity index (χ3v) is 7.86. The number of aryl methyl sites for hydroxylation is 1. The standard InChI is InChI=1S/C37H26F3NO/c1-2-6-23-11-14-30-31-15-12-26(22-35(31)42-34(30)19-23)25-8-5-9-27(20-25)32-21-28(13-16-33(32)37(38,39)40)36-29-10-4-3-7-24(29)17-18-41-36/h3-5,7-22H,2,6H2,1H3. The molecular weight excluding hydrogens is 531 g/mol. The van der Waals surface area contributed by atoms with Crippen LogP contribution in [0.1, 0.15) is 24.5 Å². The Morgan fingerprint density at radius 2 is 1.38 bits per heavy atom. The lowest BCUT2D eigenvalue weighted by Gasteiger charge is -2.16. The van der Waals surface area contributed by atoms with Gasteiger partial charge in [-0.05, 0) is 82.1 Å². The van der Waals surface area contributed by atoms with Gasteiger partial charge in [0.05, 0.1) is 11.3 Å². The molecule has 0 fully saturated rings. The van der Waals surface area contributed by atoms with Crippen molar-refractivity contribution in [1.82, 2.24) is 4.98 Å². The Morgan fingerprint density at radius 1 is 0.643 bits per heavy atom. The first-order chi connectivity index (χ1) is 20.4. The van der Waals surface area contributed by atoms with E-state index in [1.165, 1.54) is 11.6 Å². The van der Waals surface area contributed by atoms with Crippen LogP contribution in [-0.2, 0) is 12.6 Å². The molecule has 0 aliphatic heterocycles. The maximum Gasteiger partial charge on any atom is 0.417 e. The van der Waals surface area contributed by atoms with Crippen molar-refractivity contribution in [1.29, 1.82) is 0 Å². The van der Waals surface area contributed by atoms with Crippen LogP contribution in [0.25, 0.3) is 66.2 Å². The second kappa shape index (κ2) is 10.2. The van der Waals surface area contributed by atoms with Gasteiger partial charge in [-0.25, -0.2) is 0 Å². The summed E-state index contributed by atoms with van der Waals surface area (Å²) >= 11 is 0. The van der Waals surface area contributed by atoms with E-state index in [-0.39, 0.29) is 5.56 Å². The second-order valence-corrected chi connectivity index (χ2v) is 10.6. The summed E-state index contributed by atoms with van der Waals surface area (Å²) in [5, 5.41) is 3.94. The summed E-state index contributed by atoms with van der Waals surface area (Å²) in [5.41, 5.74) is 5.71. The Morgan fingerprint density at radius 3 is 2.21 bits per heavy atom. The number of fused-ring (bicyclic) bond motifs is 4. The number of benzene rings is 5. The van der Waals surface area contributed by atoms with E-state index in [9.17, 15) is 13.2 Å². The van der Waals surface area contributed by atoms with Crippen molar-refractivity contribution < 1.29 is 17.6 Å². The van der Waals surface area contributed by atoms with Crippen molar-refractivity contribution in [3.05, 3.63) is 127 Å². The largest absolute Gasteiger partial charge is 0.456 e. The van der Waals surface area contributed by atoms with Crippen molar-refractivity contribution in [3.63, 3.8) is 0 Å². The van der Waals surface area contributed by atoms with E-state index in [0.29, 0.717) is 16.8 Å². The van der Waals surface area contributed by atoms with Crippen LogP contribution in [0.2, 0.25) is 0 Å². The van der Waals surface area contributed by atoms with E-state index >= 15 is 0 Å². The number of pyridine rings is 1. The normalized spacial score (nSPS) is 12.0. The highest BCUT2D eigenvalue weighted by atomic mass is 19.4. The van der Waals surface area contributed by atoms with Gasteiger partial charge in [0.2, 0.25) is 0 Å². The van der Waals surface area contributed by atoms with E-state index in [1.54, 1.807) is 24.4 Å². The SMILES string of the molecule is CCCc1ccc2c(c1)oc1cc(-c3cccc(-c4cc(-c5nccc6ccccc56)ccc4C(F)(F)F)c3)ccc12. The van der Waals surface area contributed by atoms with E-state index in [4.69, 9.17) is 4.42 Å². The maximum absolute atomic E-state index is 14.3. The molecule has 7 aromatic rings. The number of hydrogen-bond donors (Lipinski definition) is 0. The zero-order valence-corrected chi connectivity index (χ0v) is 22.9. The average Bonchev–Trinajstić information content (AvgIpc) is 3.37. The first kappa shape index (κ1) is 26.0. The number of halogens is 3. The van der Waals surface area contributed by atoms with Gasteiger partial charge in [0, 0.05) is 27.9 Å². The van der Waals surface area contributed by atoms with Crippen LogP contribution in [0.15, 0.2) is 120 Å². The zero-order valence-electron chi connectivity index (χ0n) is 22.9. The number of alkyl halides is 3. The average molecular weight is 558 g/mol. The van der Waals surface area contributed by atoms with Gasteiger partial charge >= 0.3 is 6.18 Å². The van der Waals surface area contributed by atoms with E-state index in [1.807, 2.05) is 60.7 Å². The molecule has 0 saturated heterocycles. The zero-order chi connectivity index (χ0) is 28.8. The summed E-state index contributed by atoms with van der Waals surface area (Å²) in [6.45, 7) is 2.15. The first-order valence-corrected chi connectivity index (χ1v) is 14.0. The van der Waals surface area contributed by atoms with Gasteiger partial charge in [-0.3, -0.25) is 4.98 Å². The van der Waals surface area contributed by atoms with Gasteiger partial charge < -0.3 is 4.42 Å². The van der Waals surface area contributed by atoms with Gasteiger partial charge in [0.25, 0.3) is 0 Å². The molecule has 0 unspecified atom stereocenters. The Labute approximate surface area is 241 Å². The number of aromatic nitrogens is 1. The highest BCUT2D eigenvalue weighted by Gasteiger charge is 2.34. The van der Waals surface area contributed by atoms with Crippen molar-refractivity contribution in [2.24, 2.45) is 0 Å². The van der Waals surface area contributed by atoms with Crippen molar-refractivity contribution in [2.45, 2.75) is 25.9 Å². The third-order valence-electron chi connectivity index (χ3n) is 7.86. The molecule has 42 heavy (non-hydrogen) atoms. The molecule has 2 nitrogen and oxygen atoms in total. The molecule has 0 aliphatic rings. The molecule has 2 aromatic heterocycles. The minimum Gasteiger partial charge on any atom is -0.456 e. The molecular formula is C37H26F3NO. The molecule has 0 radical (unpaired) electrons. The summed E-state index contributed by atoms with van der Waals surface area (Å²) in [4.78, 5) is 4.54. The Balaban J connectivity index is 1.34. The van der Waals surface area contributed by atoms with E-state index in [0.717, 1.165) is 62.7 Å². The quantitative estimate of drug-likeness (QED) is 0.210. The fourth-order valence-electron chi connectivity index (χ4n) is 5.84. The Hall–Kier alpha value is -4.90. The van der Waals surface area contributed by atoms with Crippen LogP contribution >= 0.6 is 0 Å². The molecule has 0 amide bonds. The topological polar surface area (TPSA) is 26.0 Å². The van der Waals surface area contributed by atoms with Gasteiger partial charge in [0.1, 0.15) is 11.2 Å². The molecule has 0 atom stereocenters. The Bertz CT molecular complexity index is 2100. The van der Waals surface area contributed by atoms with Crippen LogP contribution in [-0.4, -0.2) is 4.98 Å². The van der Waals surface area contributed by atoms with Gasteiger partial charge in [-0.1, -0.05) is 80.1 Å². The first-order valence-electron chi connectivity index (χ1n) is 14.0. The minimum atomic E-state index is -4.51. The van der Waals surface area contributed by atoms with Crippen LogP contribution in [0.3, 0.4) is 0 Å². The van der Waals surface area contributed by atoms with Gasteiger partial charge in [0.15, 0.2) is 0 Å². The molecule has 2 heterocycles. The van der Waals surface area contributed by atoms with Crippen LogP contribution in [0, 0.1) is 0 Å². The molecule has 7 rings (SSSR count). The number of hydrogen-bond acceptors (Lipinski definition) is 2. The summed E-state index contributed by atoms with van der Waals surface area (Å²) in [6.07, 6.45) is -0.777. The predicted molar refractivity (Wildman–Crippen MR) is 164 cm³/mol. The van der Waals surface area contributed by atoms with Crippen LogP contribution < -0.4 is 0 Å². The molecule has 0 N–H and O–H groups in total. The minimum absolute atomic E-state index is 0.116. The van der Waals surface area contributed by atoms with E-state index in [2.05, 4.69) is 30.1 Å².